The molecule has 26 heavy (non-hydrogen) atoms. The normalized spacial score (nSPS) is 26.1. The molecule has 0 bridgehead atoms. The minimum atomic E-state index is -0.189. The Bertz CT molecular complexity index is 640. The summed E-state index contributed by atoms with van der Waals surface area (Å²) in [5.74, 6) is 1.99. The third-order valence-corrected chi connectivity index (χ3v) is 5.27. The van der Waals surface area contributed by atoms with Crippen molar-refractivity contribution in [2.45, 2.75) is 65.1 Å². The number of hydrogen-bond donors (Lipinski definition) is 0. The Morgan fingerprint density at radius 1 is 1.15 bits per heavy atom. The number of ether oxygens (including phenoxy) is 1. The zero-order chi connectivity index (χ0) is 18.9. The van der Waals surface area contributed by atoms with E-state index in [-0.39, 0.29) is 5.41 Å². The van der Waals surface area contributed by atoms with Gasteiger partial charge < -0.3 is 14.1 Å². The van der Waals surface area contributed by atoms with Crippen LogP contribution in [0, 0.1) is 17.2 Å². The molecular weight excluding hydrogens is 328 g/mol. The Morgan fingerprint density at radius 3 is 2.31 bits per heavy atom. The molecule has 0 saturated carbocycles. The fraction of sp³-hybridized carbons (Fsp3) is 0.800. The Balaban J connectivity index is 1.59. The van der Waals surface area contributed by atoms with E-state index in [1.807, 2.05) is 0 Å². The lowest BCUT2D eigenvalue weighted by Gasteiger charge is -2.39. The summed E-state index contributed by atoms with van der Waals surface area (Å²) in [4.78, 5) is 9.16. The molecule has 0 N–H and O–H groups in total. The highest BCUT2D eigenvalue weighted by Gasteiger charge is 2.30. The molecule has 3 heterocycles. The average molecular weight is 361 g/mol. The molecule has 2 aliphatic heterocycles. The van der Waals surface area contributed by atoms with Crippen molar-refractivity contribution in [2.75, 3.05) is 37.6 Å². The highest BCUT2D eigenvalue weighted by atomic mass is 16.5. The molecule has 3 rings (SSSR count). The molecule has 6 nitrogen and oxygen atoms in total. The van der Waals surface area contributed by atoms with E-state index in [0.717, 1.165) is 45.6 Å². The van der Waals surface area contributed by atoms with Crippen LogP contribution in [-0.4, -0.2) is 54.8 Å². The van der Waals surface area contributed by atoms with E-state index in [1.165, 1.54) is 0 Å². The SMILES string of the molecule is CC1CN(CC2CCN(c3oc(C(C)(C)C)nc3C#N)CC2)CC(C)O1. The zero-order valence-corrected chi connectivity index (χ0v) is 16.8. The van der Waals surface area contributed by atoms with E-state index in [1.54, 1.807) is 0 Å². The second-order valence-corrected chi connectivity index (χ2v) is 8.94. The first-order valence-electron chi connectivity index (χ1n) is 9.80. The van der Waals surface area contributed by atoms with Gasteiger partial charge in [0.25, 0.3) is 0 Å². The van der Waals surface area contributed by atoms with E-state index >= 15 is 0 Å². The number of hydrogen-bond acceptors (Lipinski definition) is 6. The number of piperidine rings is 1. The van der Waals surface area contributed by atoms with Gasteiger partial charge in [0, 0.05) is 38.1 Å². The Morgan fingerprint density at radius 2 is 1.77 bits per heavy atom. The van der Waals surface area contributed by atoms with Gasteiger partial charge in [-0.2, -0.15) is 10.2 Å². The van der Waals surface area contributed by atoms with Crippen LogP contribution in [0.5, 0.6) is 0 Å². The number of nitrogens with zero attached hydrogens (tertiary/aromatic N) is 4. The van der Waals surface area contributed by atoms with Gasteiger partial charge in [-0.25, -0.2) is 0 Å². The number of morpholine rings is 1. The number of nitriles is 1. The molecule has 0 aromatic carbocycles. The summed E-state index contributed by atoms with van der Waals surface area (Å²) in [6.07, 6.45) is 2.89. The fourth-order valence-electron chi connectivity index (χ4n) is 4.04. The number of aromatic nitrogens is 1. The van der Waals surface area contributed by atoms with E-state index < -0.39 is 0 Å². The second-order valence-electron chi connectivity index (χ2n) is 8.94. The predicted molar refractivity (Wildman–Crippen MR) is 101 cm³/mol. The summed E-state index contributed by atoms with van der Waals surface area (Å²) >= 11 is 0. The van der Waals surface area contributed by atoms with Gasteiger partial charge in [-0.3, -0.25) is 4.90 Å². The van der Waals surface area contributed by atoms with Gasteiger partial charge in [-0.05, 0) is 32.6 Å². The molecule has 144 valence electrons. The van der Waals surface area contributed by atoms with Crippen molar-refractivity contribution in [3.05, 3.63) is 11.6 Å². The highest BCUT2D eigenvalue weighted by Crippen LogP contribution is 2.32. The van der Waals surface area contributed by atoms with Crippen LogP contribution in [0.2, 0.25) is 0 Å². The minimum absolute atomic E-state index is 0.189. The van der Waals surface area contributed by atoms with E-state index in [0.29, 0.717) is 35.6 Å². The van der Waals surface area contributed by atoms with Crippen molar-refractivity contribution < 1.29 is 9.15 Å². The van der Waals surface area contributed by atoms with Crippen LogP contribution >= 0.6 is 0 Å². The molecule has 2 saturated heterocycles. The maximum atomic E-state index is 9.43. The van der Waals surface area contributed by atoms with Gasteiger partial charge in [0.1, 0.15) is 6.07 Å². The maximum Gasteiger partial charge on any atom is 0.234 e. The summed E-state index contributed by atoms with van der Waals surface area (Å²) in [7, 11) is 0. The summed E-state index contributed by atoms with van der Waals surface area (Å²) in [6.45, 7) is 15.5. The van der Waals surface area contributed by atoms with Crippen molar-refractivity contribution in [1.29, 1.82) is 5.26 Å². The van der Waals surface area contributed by atoms with Crippen molar-refractivity contribution in [3.8, 4) is 6.07 Å². The summed E-state index contributed by atoms with van der Waals surface area (Å²) in [5, 5.41) is 9.43. The van der Waals surface area contributed by atoms with Crippen molar-refractivity contribution in [3.63, 3.8) is 0 Å². The van der Waals surface area contributed by atoms with Gasteiger partial charge in [0.2, 0.25) is 17.5 Å². The third kappa shape index (κ3) is 4.39. The van der Waals surface area contributed by atoms with Crippen LogP contribution in [0.25, 0.3) is 0 Å². The van der Waals surface area contributed by atoms with E-state index in [2.05, 4.69) is 55.5 Å². The van der Waals surface area contributed by atoms with Gasteiger partial charge in [-0.15, -0.1) is 0 Å². The predicted octanol–water partition coefficient (Wildman–Crippen LogP) is 3.17. The quantitative estimate of drug-likeness (QED) is 0.825. The van der Waals surface area contributed by atoms with Crippen molar-refractivity contribution in [1.82, 2.24) is 9.88 Å². The van der Waals surface area contributed by atoms with Crippen LogP contribution < -0.4 is 4.90 Å². The summed E-state index contributed by atoms with van der Waals surface area (Å²) < 4.78 is 11.8. The maximum absolute atomic E-state index is 9.43. The largest absolute Gasteiger partial charge is 0.423 e. The molecule has 2 unspecified atom stereocenters. The average Bonchev–Trinajstić information content (AvgIpc) is 2.99. The lowest BCUT2D eigenvalue weighted by atomic mass is 9.95. The second kappa shape index (κ2) is 7.58. The highest BCUT2D eigenvalue weighted by molar-refractivity contribution is 5.48. The molecule has 0 aliphatic carbocycles. The summed E-state index contributed by atoms with van der Waals surface area (Å²) in [5.41, 5.74) is 0.232. The fourth-order valence-corrected chi connectivity index (χ4v) is 4.04. The lowest BCUT2D eigenvalue weighted by Crippen LogP contribution is -2.48. The molecule has 0 spiro atoms. The van der Waals surface area contributed by atoms with Gasteiger partial charge in [0.15, 0.2) is 0 Å². The van der Waals surface area contributed by atoms with E-state index in [4.69, 9.17) is 9.15 Å². The molecule has 1 aromatic heterocycles. The third-order valence-electron chi connectivity index (χ3n) is 5.27. The summed E-state index contributed by atoms with van der Waals surface area (Å²) in [6, 6.07) is 2.20. The monoisotopic (exact) mass is 360 g/mol. The molecule has 2 atom stereocenters. The molecule has 1 aromatic rings. The lowest BCUT2D eigenvalue weighted by molar-refractivity contribution is -0.0720. The Labute approximate surface area is 157 Å². The molecule has 0 amide bonds. The number of oxazole rings is 1. The standard InChI is InChI=1S/C20H32N4O2/c1-14-11-23(12-15(2)25-14)13-16-6-8-24(9-7-16)18-17(10-21)22-19(26-18)20(3,4)5/h14-16H,6-9,11-13H2,1-5H3. The number of anilines is 1. The number of rotatable bonds is 3. The topological polar surface area (TPSA) is 65.5 Å². The van der Waals surface area contributed by atoms with E-state index in [9.17, 15) is 5.26 Å². The molecular formula is C20H32N4O2. The van der Waals surface area contributed by atoms with Crippen LogP contribution in [0.4, 0.5) is 5.88 Å². The van der Waals surface area contributed by atoms with Crippen LogP contribution in [0.15, 0.2) is 4.42 Å². The van der Waals surface area contributed by atoms with Crippen LogP contribution in [0.1, 0.15) is 59.0 Å². The zero-order valence-electron chi connectivity index (χ0n) is 16.8. The van der Waals surface area contributed by atoms with Crippen LogP contribution in [0.3, 0.4) is 0 Å². The smallest absolute Gasteiger partial charge is 0.234 e. The first kappa shape index (κ1) is 19.2. The molecule has 2 aliphatic rings. The van der Waals surface area contributed by atoms with Crippen LogP contribution in [-0.2, 0) is 10.2 Å². The Kier molecular flexibility index (Phi) is 5.59. The molecule has 6 heteroatoms. The molecule has 2 fully saturated rings. The van der Waals surface area contributed by atoms with Gasteiger partial charge in [0.05, 0.1) is 12.2 Å². The van der Waals surface area contributed by atoms with Crippen molar-refractivity contribution >= 4 is 5.88 Å². The first-order valence-corrected chi connectivity index (χ1v) is 9.80. The van der Waals surface area contributed by atoms with Gasteiger partial charge >= 0.3 is 0 Å². The first-order chi connectivity index (χ1) is 12.3. The van der Waals surface area contributed by atoms with Gasteiger partial charge in [-0.1, -0.05) is 20.8 Å². The minimum Gasteiger partial charge on any atom is -0.423 e. The van der Waals surface area contributed by atoms with Crippen molar-refractivity contribution in [2.24, 2.45) is 5.92 Å². The molecule has 0 radical (unpaired) electrons. The Hall–Kier alpha value is -1.58.